The number of nitrogens with zero attached hydrogens (tertiary/aromatic N) is 1. The fraction of sp³-hybridized carbons (Fsp3) is 0.278. The van der Waals surface area contributed by atoms with E-state index < -0.39 is 34.6 Å². The molecule has 0 bridgehead atoms. The Morgan fingerprint density at radius 1 is 1.10 bits per heavy atom. The summed E-state index contributed by atoms with van der Waals surface area (Å²) >= 11 is 0. The number of hydrogen-bond donors (Lipinski definition) is 1. The maximum atomic E-state index is 12.4. The first-order valence-corrected chi connectivity index (χ1v) is 10.4. The molecule has 0 spiro atoms. The lowest BCUT2D eigenvalue weighted by Gasteiger charge is -2.24. The topological polar surface area (TPSA) is 94.2 Å². The summed E-state index contributed by atoms with van der Waals surface area (Å²) in [5.41, 5.74) is 0.371. The monoisotopic (exact) mass is 446 g/mol. The molecule has 0 unspecified atom stereocenters. The van der Waals surface area contributed by atoms with Crippen molar-refractivity contribution >= 4 is 27.3 Å². The predicted molar refractivity (Wildman–Crippen MR) is 101 cm³/mol. The van der Waals surface area contributed by atoms with Gasteiger partial charge in [-0.2, -0.15) is 0 Å². The van der Waals surface area contributed by atoms with E-state index in [9.17, 15) is 26.4 Å². The first-order chi connectivity index (χ1) is 14.0. The molecule has 162 valence electrons. The van der Waals surface area contributed by atoms with Gasteiger partial charge < -0.3 is 19.5 Å². The van der Waals surface area contributed by atoms with Crippen LogP contribution in [0.25, 0.3) is 0 Å². The highest BCUT2D eigenvalue weighted by atomic mass is 32.2. The highest BCUT2D eigenvalue weighted by Gasteiger charge is 2.31. The van der Waals surface area contributed by atoms with Gasteiger partial charge in [0.15, 0.2) is 11.5 Å². The molecule has 1 amide bonds. The normalized spacial score (nSPS) is 13.5. The van der Waals surface area contributed by atoms with Gasteiger partial charge in [-0.15, -0.1) is 13.2 Å². The number of carbonyl (C=O) groups excluding carboxylic acids is 1. The SMILES string of the molecule is CS(=O)(=O)N(CC(=O)Nc1ccc(OC(F)(F)F)cc1)c1ccc2c(c1)OCCO2. The minimum atomic E-state index is -4.83. The van der Waals surface area contributed by atoms with Crippen molar-refractivity contribution in [1.29, 1.82) is 0 Å². The Bertz CT molecular complexity index is 1030. The molecule has 0 radical (unpaired) electrons. The largest absolute Gasteiger partial charge is 0.573 e. The van der Waals surface area contributed by atoms with Crippen LogP contribution < -0.4 is 23.8 Å². The molecule has 3 rings (SSSR count). The maximum absolute atomic E-state index is 12.4. The van der Waals surface area contributed by atoms with Crippen molar-refractivity contribution in [1.82, 2.24) is 0 Å². The number of amides is 1. The van der Waals surface area contributed by atoms with E-state index in [1.807, 2.05) is 0 Å². The first-order valence-electron chi connectivity index (χ1n) is 8.54. The van der Waals surface area contributed by atoms with E-state index >= 15 is 0 Å². The molecule has 0 aliphatic carbocycles. The van der Waals surface area contributed by atoms with Crippen LogP contribution >= 0.6 is 0 Å². The summed E-state index contributed by atoms with van der Waals surface area (Å²) in [6.45, 7) is 0.125. The molecule has 0 saturated carbocycles. The van der Waals surface area contributed by atoms with Gasteiger partial charge in [0.2, 0.25) is 15.9 Å². The Hall–Kier alpha value is -3.15. The van der Waals surface area contributed by atoms with Crippen molar-refractivity contribution in [3.05, 3.63) is 42.5 Å². The van der Waals surface area contributed by atoms with Crippen LogP contribution in [0.15, 0.2) is 42.5 Å². The van der Waals surface area contributed by atoms with Crippen molar-refractivity contribution in [2.24, 2.45) is 0 Å². The molecule has 0 saturated heterocycles. The second-order valence-corrected chi connectivity index (χ2v) is 8.12. The van der Waals surface area contributed by atoms with Gasteiger partial charge in [-0.05, 0) is 36.4 Å². The summed E-state index contributed by atoms with van der Waals surface area (Å²) in [6, 6.07) is 8.93. The molecule has 12 heteroatoms. The van der Waals surface area contributed by atoms with Crippen LogP contribution in [0.4, 0.5) is 24.5 Å². The van der Waals surface area contributed by atoms with Crippen molar-refractivity contribution in [3.63, 3.8) is 0 Å². The third-order valence-electron chi connectivity index (χ3n) is 3.87. The number of halogens is 3. The van der Waals surface area contributed by atoms with Gasteiger partial charge in [-0.3, -0.25) is 9.10 Å². The number of nitrogens with one attached hydrogen (secondary N) is 1. The number of benzene rings is 2. The fourth-order valence-corrected chi connectivity index (χ4v) is 3.51. The number of fused-ring (bicyclic) bond motifs is 1. The summed E-state index contributed by atoms with van der Waals surface area (Å²) in [5.74, 6) is -0.327. The zero-order valence-corrected chi connectivity index (χ0v) is 16.4. The second-order valence-electron chi connectivity index (χ2n) is 6.22. The molecule has 2 aromatic rings. The highest BCUT2D eigenvalue weighted by molar-refractivity contribution is 7.92. The summed E-state index contributed by atoms with van der Waals surface area (Å²) in [6.07, 6.45) is -3.88. The molecular weight excluding hydrogens is 429 g/mol. The third-order valence-corrected chi connectivity index (χ3v) is 5.01. The number of alkyl halides is 3. The van der Waals surface area contributed by atoms with Gasteiger partial charge in [-0.1, -0.05) is 0 Å². The molecule has 0 atom stereocenters. The Morgan fingerprint density at radius 3 is 2.33 bits per heavy atom. The fourth-order valence-electron chi connectivity index (χ4n) is 2.66. The summed E-state index contributed by atoms with van der Waals surface area (Å²) in [4.78, 5) is 12.4. The van der Waals surface area contributed by atoms with Gasteiger partial charge in [0.25, 0.3) is 0 Å². The molecule has 1 heterocycles. The molecule has 1 N–H and O–H groups in total. The number of sulfonamides is 1. The number of anilines is 2. The van der Waals surface area contributed by atoms with Gasteiger partial charge in [0.05, 0.1) is 11.9 Å². The van der Waals surface area contributed by atoms with Crippen LogP contribution in [0, 0.1) is 0 Å². The van der Waals surface area contributed by atoms with Crippen LogP contribution in [-0.2, 0) is 14.8 Å². The van der Waals surface area contributed by atoms with Crippen LogP contribution in [-0.4, -0.2) is 46.7 Å². The standard InChI is InChI=1S/C18H17F3N2O6S/c1-30(25,26)23(13-4-7-15-16(10-13)28-9-8-27-15)11-17(24)22-12-2-5-14(6-3-12)29-18(19,20)21/h2-7,10H,8-9,11H2,1H3,(H,22,24). The first kappa shape index (κ1) is 21.6. The van der Waals surface area contributed by atoms with Crippen molar-refractivity contribution in [2.45, 2.75) is 6.36 Å². The maximum Gasteiger partial charge on any atom is 0.573 e. The van der Waals surface area contributed by atoms with E-state index in [0.717, 1.165) is 22.7 Å². The highest BCUT2D eigenvalue weighted by Crippen LogP contribution is 2.34. The van der Waals surface area contributed by atoms with E-state index in [0.29, 0.717) is 24.7 Å². The second kappa shape index (κ2) is 8.30. The minimum absolute atomic E-state index is 0.171. The molecule has 2 aromatic carbocycles. The van der Waals surface area contributed by atoms with E-state index in [4.69, 9.17) is 9.47 Å². The van der Waals surface area contributed by atoms with E-state index in [2.05, 4.69) is 10.1 Å². The molecule has 8 nitrogen and oxygen atoms in total. The lowest BCUT2D eigenvalue weighted by molar-refractivity contribution is -0.274. The minimum Gasteiger partial charge on any atom is -0.486 e. The zero-order chi connectivity index (χ0) is 21.9. The van der Waals surface area contributed by atoms with Crippen LogP contribution in [0.5, 0.6) is 17.2 Å². The average Bonchev–Trinajstić information content (AvgIpc) is 2.65. The quantitative estimate of drug-likeness (QED) is 0.734. The van der Waals surface area contributed by atoms with Crippen LogP contribution in [0.3, 0.4) is 0 Å². The molecular formula is C18H17F3N2O6S. The number of rotatable bonds is 6. The zero-order valence-electron chi connectivity index (χ0n) is 15.6. The molecule has 0 aromatic heterocycles. The Morgan fingerprint density at radius 2 is 1.73 bits per heavy atom. The van der Waals surface area contributed by atoms with Gasteiger partial charge in [0.1, 0.15) is 25.5 Å². The molecule has 1 aliphatic heterocycles. The summed E-state index contributed by atoms with van der Waals surface area (Å²) in [5, 5.41) is 2.43. The van der Waals surface area contributed by atoms with Gasteiger partial charge >= 0.3 is 6.36 Å². The summed E-state index contributed by atoms with van der Waals surface area (Å²) < 4.78 is 76.5. The third kappa shape index (κ3) is 5.69. The summed E-state index contributed by atoms with van der Waals surface area (Å²) in [7, 11) is -3.83. The molecule has 0 fully saturated rings. The van der Waals surface area contributed by atoms with E-state index in [1.165, 1.54) is 24.3 Å². The van der Waals surface area contributed by atoms with Crippen molar-refractivity contribution in [2.75, 3.05) is 35.6 Å². The predicted octanol–water partition coefficient (Wildman–Crippen LogP) is 2.76. The molecule has 30 heavy (non-hydrogen) atoms. The van der Waals surface area contributed by atoms with Gasteiger partial charge in [0, 0.05) is 11.8 Å². The van der Waals surface area contributed by atoms with Crippen molar-refractivity contribution < 1.29 is 40.6 Å². The van der Waals surface area contributed by atoms with Crippen LogP contribution in [0.2, 0.25) is 0 Å². The van der Waals surface area contributed by atoms with E-state index in [-0.39, 0.29) is 11.4 Å². The lowest BCUT2D eigenvalue weighted by Crippen LogP contribution is -2.37. The number of hydrogen-bond acceptors (Lipinski definition) is 6. The van der Waals surface area contributed by atoms with E-state index in [1.54, 1.807) is 6.07 Å². The number of ether oxygens (including phenoxy) is 3. The lowest BCUT2D eigenvalue weighted by atomic mass is 10.2. The number of carbonyl (C=O) groups is 1. The Balaban J connectivity index is 1.72. The average molecular weight is 446 g/mol. The van der Waals surface area contributed by atoms with Crippen molar-refractivity contribution in [3.8, 4) is 17.2 Å². The smallest absolute Gasteiger partial charge is 0.486 e. The Labute approximate surface area is 170 Å². The molecule has 1 aliphatic rings. The van der Waals surface area contributed by atoms with Crippen LogP contribution in [0.1, 0.15) is 0 Å². The Kier molecular flexibility index (Phi) is 5.97. The van der Waals surface area contributed by atoms with Gasteiger partial charge in [-0.25, -0.2) is 8.42 Å².